The van der Waals surface area contributed by atoms with Gasteiger partial charge in [-0.05, 0) is 101 Å². The fraction of sp³-hybridized carbons (Fsp3) is 0.133. The Kier molecular flexibility index (Phi) is 17.3. The molecule has 9 bridgehead atoms. The summed E-state index contributed by atoms with van der Waals surface area (Å²) in [6.07, 6.45) is 0.978. The third kappa shape index (κ3) is 12.2. The summed E-state index contributed by atoms with van der Waals surface area (Å²) >= 11 is 38.0. The molecular weight excluding hydrogens is 1270 g/mol. The average molecular weight is 1310 g/mol. The van der Waals surface area contributed by atoms with Crippen LogP contribution >= 0.6 is 69.6 Å². The molecule has 8 aromatic rings. The molecule has 88 heavy (non-hydrogen) atoms. The number of ether oxygens (including phenoxy) is 1. The maximum Gasteiger partial charge on any atom is 0.330 e. The van der Waals surface area contributed by atoms with Gasteiger partial charge in [-0.1, -0.05) is 112 Å². The number of hydrogen-bond donors (Lipinski definition) is 12. The van der Waals surface area contributed by atoms with E-state index in [9.17, 15) is 49.8 Å². The van der Waals surface area contributed by atoms with Gasteiger partial charge in [0, 0.05) is 47.3 Å². The van der Waals surface area contributed by atoms with Gasteiger partial charge in [-0.2, -0.15) is 0 Å². The molecule has 0 saturated carbocycles. The summed E-state index contributed by atoms with van der Waals surface area (Å²) in [5.41, 5.74) is -0.419. The van der Waals surface area contributed by atoms with Crippen molar-refractivity contribution in [3.05, 3.63) is 191 Å². The number of nitrogens with one attached hydrogen (secondary N) is 6. The number of likely N-dealkylation sites (N-methyl/N-ethyl adjacent to an activating group) is 1. The van der Waals surface area contributed by atoms with Crippen molar-refractivity contribution < 1.29 is 73.7 Å². The standard InChI is InChI=1S/C60H43Cl6N7O15/c1-73-41(54(80)71-46(60(86)87)24-7-9-29(74)10-8-24)13-23-5-11-30(12-6-23)88-42-21-25-14-33(50(42)76)31-3-2-4-32-34(22-67-47(31)32)48(72-58(84)49(75)28-19-39(65)53(79)40(66)20-28)57(83)69-44(26-15-35(61)51(77)36(62)16-26)55(81)68-43(25)56(82)70-45(59(73)85)27-17-37(63)52(78)38(64)18-27/h2-12,14-22,41,43-46,48,67,74,76-79H,13H2,1H3,(H,68,81)(H,69,83)(H,70,82)(H,71,80)(H,72,84)(H,86,87). The minimum Gasteiger partial charge on any atom is -0.508 e. The second-order valence-corrected chi connectivity index (χ2v) is 22.6. The minimum atomic E-state index is -2.07. The number of aromatic hydroxyl groups is 5. The van der Waals surface area contributed by atoms with Crippen molar-refractivity contribution >= 4 is 128 Å². The topological polar surface area (TPSA) is 346 Å². The molecule has 450 valence electrons. The summed E-state index contributed by atoms with van der Waals surface area (Å²) in [6, 6.07) is 12.8. The lowest BCUT2D eigenvalue weighted by Gasteiger charge is -2.33. The van der Waals surface area contributed by atoms with Crippen molar-refractivity contribution in [2.45, 2.75) is 42.7 Å². The highest BCUT2D eigenvalue weighted by molar-refractivity contribution is 6.45. The summed E-state index contributed by atoms with van der Waals surface area (Å²) in [5.74, 6) is -13.0. The van der Waals surface area contributed by atoms with Gasteiger partial charge in [0.25, 0.3) is 5.91 Å². The van der Waals surface area contributed by atoms with Crippen LogP contribution in [0.3, 0.4) is 0 Å². The zero-order valence-corrected chi connectivity index (χ0v) is 49.3. The predicted molar refractivity (Wildman–Crippen MR) is 321 cm³/mol. The van der Waals surface area contributed by atoms with E-state index in [1.165, 1.54) is 92.1 Å². The van der Waals surface area contributed by atoms with E-state index in [1.54, 1.807) is 0 Å². The van der Waals surface area contributed by atoms with Crippen LogP contribution in [0.4, 0.5) is 0 Å². The Morgan fingerprint density at radius 2 is 1.14 bits per heavy atom. The number of para-hydroxylation sites is 1. The van der Waals surface area contributed by atoms with E-state index in [0.717, 1.165) is 41.3 Å². The molecule has 3 aliphatic rings. The summed E-state index contributed by atoms with van der Waals surface area (Å²) in [4.78, 5) is 121. The molecule has 0 aliphatic carbocycles. The number of H-pyrrole nitrogens is 1. The fourth-order valence-corrected chi connectivity index (χ4v) is 11.6. The lowest BCUT2D eigenvalue weighted by molar-refractivity contribution is -0.145. The third-order valence-electron chi connectivity index (χ3n) is 14.6. The number of nitrogens with zero attached hydrogens (tertiary/aromatic N) is 1. The number of aliphatic carboxylic acids is 1. The summed E-state index contributed by atoms with van der Waals surface area (Å²) in [5, 5.41) is 74.7. The number of aromatic nitrogens is 1. The number of fused-ring (bicyclic) bond motifs is 10. The Morgan fingerprint density at radius 1 is 0.614 bits per heavy atom. The molecule has 0 saturated heterocycles. The van der Waals surface area contributed by atoms with E-state index in [4.69, 9.17) is 74.3 Å². The predicted octanol–water partition coefficient (Wildman–Crippen LogP) is 9.33. The van der Waals surface area contributed by atoms with E-state index < -0.39 is 132 Å². The zero-order valence-electron chi connectivity index (χ0n) is 44.8. The summed E-state index contributed by atoms with van der Waals surface area (Å²) in [7, 11) is 1.19. The second kappa shape index (κ2) is 24.8. The van der Waals surface area contributed by atoms with Gasteiger partial charge in [-0.15, -0.1) is 0 Å². The van der Waals surface area contributed by atoms with Crippen molar-refractivity contribution in [1.29, 1.82) is 0 Å². The molecule has 1 aromatic heterocycles. The highest BCUT2D eigenvalue weighted by Gasteiger charge is 2.40. The van der Waals surface area contributed by atoms with Crippen LogP contribution in [0, 0.1) is 0 Å². The third-order valence-corrected chi connectivity index (χ3v) is 16.4. The Morgan fingerprint density at radius 3 is 1.70 bits per heavy atom. The molecule has 0 fully saturated rings. The van der Waals surface area contributed by atoms with Gasteiger partial charge < -0.3 is 71.8 Å². The number of carbonyl (C=O) groups excluding carboxylic acids is 7. The molecule has 3 aliphatic heterocycles. The van der Waals surface area contributed by atoms with E-state index in [0.29, 0.717) is 5.56 Å². The number of halogens is 6. The van der Waals surface area contributed by atoms with Gasteiger partial charge in [-0.3, -0.25) is 33.6 Å². The number of amides is 6. The molecule has 4 heterocycles. The Bertz CT molecular complexity index is 4190. The smallest absolute Gasteiger partial charge is 0.330 e. The molecule has 28 heteroatoms. The maximum absolute atomic E-state index is 15.7. The van der Waals surface area contributed by atoms with Gasteiger partial charge in [0.2, 0.25) is 35.3 Å². The fourth-order valence-electron chi connectivity index (χ4n) is 10.1. The van der Waals surface area contributed by atoms with Crippen LogP contribution in [0.1, 0.15) is 73.9 Å². The first-order valence-electron chi connectivity index (χ1n) is 25.9. The number of phenols is 5. The van der Waals surface area contributed by atoms with Crippen LogP contribution in [0.25, 0.3) is 22.0 Å². The highest BCUT2D eigenvalue weighted by Crippen LogP contribution is 2.46. The summed E-state index contributed by atoms with van der Waals surface area (Å²) in [6.45, 7) is 0. The number of ketones is 1. The summed E-state index contributed by atoms with van der Waals surface area (Å²) < 4.78 is 6.39. The monoisotopic (exact) mass is 1310 g/mol. The first-order valence-corrected chi connectivity index (χ1v) is 28.2. The van der Waals surface area contributed by atoms with Crippen LogP contribution in [-0.2, 0) is 40.0 Å². The average Bonchev–Trinajstić information content (AvgIpc) is 1.53. The van der Waals surface area contributed by atoms with Gasteiger partial charge in [0.15, 0.2) is 34.8 Å². The molecule has 6 atom stereocenters. The molecular formula is C60H43Cl6N7O15. The van der Waals surface area contributed by atoms with Crippen LogP contribution in [-0.4, -0.2) is 101 Å². The molecule has 0 spiro atoms. The molecule has 0 radical (unpaired) electrons. The zero-order chi connectivity index (χ0) is 63.3. The van der Waals surface area contributed by atoms with E-state index in [-0.39, 0.29) is 83.6 Å². The number of rotatable bonds is 9. The number of aromatic amines is 1. The van der Waals surface area contributed by atoms with Gasteiger partial charge in [0.05, 0.1) is 35.7 Å². The van der Waals surface area contributed by atoms with Crippen LogP contribution in [0.2, 0.25) is 30.1 Å². The van der Waals surface area contributed by atoms with Gasteiger partial charge in [0.1, 0.15) is 41.7 Å². The van der Waals surface area contributed by atoms with E-state index in [2.05, 4.69) is 31.6 Å². The van der Waals surface area contributed by atoms with Gasteiger partial charge in [-0.25, -0.2) is 4.79 Å². The number of Topliss-reactive ketones (excluding diaryl/α,β-unsaturated/α-hetero) is 1. The normalized spacial score (nSPS) is 18.2. The Balaban J connectivity index is 1.17. The number of benzene rings is 7. The molecule has 7 aromatic carbocycles. The van der Waals surface area contributed by atoms with Gasteiger partial charge >= 0.3 is 5.97 Å². The number of carboxylic acids is 1. The van der Waals surface area contributed by atoms with E-state index >= 15 is 19.2 Å². The lowest BCUT2D eigenvalue weighted by atomic mass is 9.93. The first kappa shape index (κ1) is 61.7. The first-order chi connectivity index (χ1) is 41.8. The van der Waals surface area contributed by atoms with Crippen LogP contribution in [0.5, 0.6) is 40.2 Å². The quantitative estimate of drug-likeness (QED) is 0.0473. The van der Waals surface area contributed by atoms with E-state index in [1.807, 2.05) is 0 Å². The number of phenolic OH excluding ortho intramolecular Hbond substituents is 5. The number of carboxylic acid groups (broad SMARTS) is 1. The molecule has 6 unspecified atom stereocenters. The largest absolute Gasteiger partial charge is 0.508 e. The number of hydrogen-bond acceptors (Lipinski definition) is 14. The number of carbonyl (C=O) groups is 8. The molecule has 6 amide bonds. The second-order valence-electron chi connectivity index (χ2n) is 20.2. The van der Waals surface area contributed by atoms with Crippen molar-refractivity contribution in [2.75, 3.05) is 7.05 Å². The molecule has 22 nitrogen and oxygen atoms in total. The van der Waals surface area contributed by atoms with Crippen molar-refractivity contribution in [2.24, 2.45) is 0 Å². The van der Waals surface area contributed by atoms with Crippen LogP contribution < -0.4 is 31.3 Å². The SMILES string of the molecule is CN1C(=O)C(c2cc(Cl)c(O)c(Cl)c2)NC(=O)C2NC(=O)C(c3cc(Cl)c(O)c(Cl)c3)NC(=O)C(NC(=O)C(=O)c3cc(Cl)c(O)c(Cl)c3)c3c[nH]c4c(cccc34)-c3cc2cc(c3O)Oc2ccc(cc2)CC1C(=O)NC(C(=O)O)c1ccc(O)cc1. The molecule has 11 rings (SSSR count). The highest BCUT2D eigenvalue weighted by atomic mass is 35.5. The van der Waals surface area contributed by atoms with Crippen molar-refractivity contribution in [1.82, 2.24) is 36.5 Å². The van der Waals surface area contributed by atoms with Crippen molar-refractivity contribution in [3.8, 4) is 51.4 Å². The Labute approximate surface area is 526 Å². The van der Waals surface area contributed by atoms with Crippen molar-refractivity contribution in [3.63, 3.8) is 0 Å². The maximum atomic E-state index is 15.7. The molecule has 12 N–H and O–H groups in total. The minimum absolute atomic E-state index is 0.0185. The Hall–Kier alpha value is -9.42. The lowest BCUT2D eigenvalue weighted by Crippen LogP contribution is -2.54. The van der Waals surface area contributed by atoms with Crippen LogP contribution in [0.15, 0.2) is 121 Å².